The molecule has 1 aromatic carbocycles. The number of carbonyl (C=O) groups excluding carboxylic acids is 2. The van der Waals surface area contributed by atoms with Crippen molar-refractivity contribution in [1.29, 1.82) is 0 Å². The van der Waals surface area contributed by atoms with Crippen LogP contribution in [0.25, 0.3) is 0 Å². The lowest BCUT2D eigenvalue weighted by atomic mass is 10.0. The maximum absolute atomic E-state index is 12.5. The molecule has 0 spiro atoms. The van der Waals surface area contributed by atoms with E-state index in [0.717, 1.165) is 18.4 Å². The van der Waals surface area contributed by atoms with E-state index < -0.39 is 6.04 Å². The molecule has 114 valence electrons. The number of carbonyl (C=O) groups is 2. The summed E-state index contributed by atoms with van der Waals surface area (Å²) in [5.74, 6) is -0.0459. The van der Waals surface area contributed by atoms with Crippen molar-refractivity contribution < 1.29 is 9.59 Å². The van der Waals surface area contributed by atoms with Crippen molar-refractivity contribution in [2.75, 3.05) is 27.7 Å². The number of nitrogens with zero attached hydrogens (tertiary/aromatic N) is 2. The van der Waals surface area contributed by atoms with Crippen LogP contribution in [0.15, 0.2) is 30.3 Å². The molecule has 5 heteroatoms. The first kappa shape index (κ1) is 15.5. The molecule has 0 heterocycles. The van der Waals surface area contributed by atoms with Crippen molar-refractivity contribution in [3.05, 3.63) is 35.9 Å². The van der Waals surface area contributed by atoms with Gasteiger partial charge in [-0.15, -0.1) is 0 Å². The van der Waals surface area contributed by atoms with Crippen LogP contribution in [0.4, 0.5) is 0 Å². The van der Waals surface area contributed by atoms with E-state index in [2.05, 4.69) is 5.32 Å². The van der Waals surface area contributed by atoms with E-state index in [1.165, 1.54) is 0 Å². The fourth-order valence-electron chi connectivity index (χ4n) is 2.28. The van der Waals surface area contributed by atoms with E-state index in [-0.39, 0.29) is 18.4 Å². The topological polar surface area (TPSA) is 52.7 Å². The van der Waals surface area contributed by atoms with Crippen LogP contribution < -0.4 is 5.32 Å². The van der Waals surface area contributed by atoms with E-state index in [1.54, 1.807) is 23.9 Å². The van der Waals surface area contributed by atoms with E-state index in [1.807, 2.05) is 37.4 Å². The van der Waals surface area contributed by atoms with Gasteiger partial charge in [-0.25, -0.2) is 0 Å². The molecule has 0 saturated heterocycles. The summed E-state index contributed by atoms with van der Waals surface area (Å²) in [7, 11) is 5.28. The highest BCUT2D eigenvalue weighted by molar-refractivity contribution is 5.84. The van der Waals surface area contributed by atoms with Crippen LogP contribution in [-0.4, -0.2) is 55.3 Å². The van der Waals surface area contributed by atoms with E-state index >= 15 is 0 Å². The molecule has 5 nitrogen and oxygen atoms in total. The summed E-state index contributed by atoms with van der Waals surface area (Å²) < 4.78 is 0. The maximum Gasteiger partial charge on any atom is 0.244 e. The van der Waals surface area contributed by atoms with Gasteiger partial charge in [-0.1, -0.05) is 30.3 Å². The Morgan fingerprint density at radius 3 is 2.33 bits per heavy atom. The lowest BCUT2D eigenvalue weighted by molar-refractivity contribution is -0.135. The molecule has 1 aliphatic rings. The fraction of sp³-hybridized carbons (Fsp3) is 0.500. The van der Waals surface area contributed by atoms with Crippen LogP contribution in [0.1, 0.15) is 24.4 Å². The number of benzene rings is 1. The van der Waals surface area contributed by atoms with Crippen LogP contribution in [0.2, 0.25) is 0 Å². The van der Waals surface area contributed by atoms with Gasteiger partial charge in [-0.3, -0.25) is 14.5 Å². The molecular formula is C16H23N3O2. The second-order valence-corrected chi connectivity index (χ2v) is 5.80. The van der Waals surface area contributed by atoms with Crippen molar-refractivity contribution in [2.45, 2.75) is 24.9 Å². The number of likely N-dealkylation sites (N-methyl/N-ethyl adjacent to an activating group) is 2. The smallest absolute Gasteiger partial charge is 0.244 e. The van der Waals surface area contributed by atoms with Gasteiger partial charge < -0.3 is 10.2 Å². The second kappa shape index (κ2) is 6.72. The fourth-order valence-corrected chi connectivity index (χ4v) is 2.28. The van der Waals surface area contributed by atoms with Crippen LogP contribution in [-0.2, 0) is 9.59 Å². The Balaban J connectivity index is 2.10. The monoisotopic (exact) mass is 289 g/mol. The highest BCUT2D eigenvalue weighted by atomic mass is 16.2. The molecule has 0 radical (unpaired) electrons. The molecule has 1 fully saturated rings. The molecular weight excluding hydrogens is 266 g/mol. The van der Waals surface area contributed by atoms with Gasteiger partial charge in [0.2, 0.25) is 11.8 Å². The summed E-state index contributed by atoms with van der Waals surface area (Å²) in [5.41, 5.74) is 0.901. The minimum atomic E-state index is -0.439. The summed E-state index contributed by atoms with van der Waals surface area (Å²) in [6.45, 7) is 0.218. The quantitative estimate of drug-likeness (QED) is 0.851. The minimum Gasteiger partial charge on any atom is -0.352 e. The SMILES string of the molecule is CN(C)C(=O)[C@@H](c1ccccc1)N(C)CC(=O)NC1CC1. The Kier molecular flexibility index (Phi) is 4.96. The molecule has 1 atom stereocenters. The van der Waals surface area contributed by atoms with Gasteiger partial charge in [0.1, 0.15) is 6.04 Å². The van der Waals surface area contributed by atoms with Gasteiger partial charge >= 0.3 is 0 Å². The van der Waals surface area contributed by atoms with Crippen LogP contribution in [0.3, 0.4) is 0 Å². The number of hydrogen-bond donors (Lipinski definition) is 1. The largest absolute Gasteiger partial charge is 0.352 e. The van der Waals surface area contributed by atoms with Gasteiger partial charge in [0, 0.05) is 20.1 Å². The zero-order valence-corrected chi connectivity index (χ0v) is 12.9. The standard InChI is InChI=1S/C16H23N3O2/c1-18(2)16(21)15(12-7-5-4-6-8-12)19(3)11-14(20)17-13-9-10-13/h4-8,13,15H,9-11H2,1-3H3,(H,17,20)/t15-/m1/s1. The van der Waals surface area contributed by atoms with Gasteiger partial charge in [0.25, 0.3) is 0 Å². The summed E-state index contributed by atoms with van der Waals surface area (Å²) in [5, 5.41) is 2.95. The average Bonchev–Trinajstić information content (AvgIpc) is 3.23. The van der Waals surface area contributed by atoms with Gasteiger partial charge in [0.15, 0.2) is 0 Å². The highest BCUT2D eigenvalue weighted by Crippen LogP contribution is 2.22. The Bertz CT molecular complexity index is 498. The third-order valence-electron chi connectivity index (χ3n) is 3.57. The van der Waals surface area contributed by atoms with Crippen molar-refractivity contribution >= 4 is 11.8 Å². The number of nitrogens with one attached hydrogen (secondary N) is 1. The summed E-state index contributed by atoms with van der Waals surface area (Å²) in [6.07, 6.45) is 2.13. The number of amides is 2. The average molecular weight is 289 g/mol. The Labute approximate surface area is 125 Å². The predicted octanol–water partition coefficient (Wildman–Crippen LogP) is 1.03. The zero-order valence-electron chi connectivity index (χ0n) is 12.9. The predicted molar refractivity (Wildman–Crippen MR) is 81.7 cm³/mol. The summed E-state index contributed by atoms with van der Waals surface area (Å²) >= 11 is 0. The van der Waals surface area contributed by atoms with E-state index in [9.17, 15) is 9.59 Å². The highest BCUT2D eigenvalue weighted by Gasteiger charge is 2.29. The third-order valence-corrected chi connectivity index (χ3v) is 3.57. The van der Waals surface area contributed by atoms with Crippen LogP contribution in [0.5, 0.6) is 0 Å². The zero-order chi connectivity index (χ0) is 15.4. The van der Waals surface area contributed by atoms with Gasteiger partial charge in [-0.2, -0.15) is 0 Å². The molecule has 0 aromatic heterocycles. The van der Waals surface area contributed by atoms with Crippen molar-refractivity contribution in [3.8, 4) is 0 Å². The molecule has 1 saturated carbocycles. The van der Waals surface area contributed by atoms with Crippen LogP contribution in [0, 0.1) is 0 Å². The molecule has 1 aromatic rings. The first-order valence-corrected chi connectivity index (χ1v) is 7.24. The first-order chi connectivity index (χ1) is 9.99. The third kappa shape index (κ3) is 4.29. The lowest BCUT2D eigenvalue weighted by Gasteiger charge is -2.29. The minimum absolute atomic E-state index is 0.0208. The van der Waals surface area contributed by atoms with Gasteiger partial charge in [0.05, 0.1) is 6.54 Å². The summed E-state index contributed by atoms with van der Waals surface area (Å²) in [4.78, 5) is 27.8. The van der Waals surface area contributed by atoms with Crippen molar-refractivity contribution in [3.63, 3.8) is 0 Å². The maximum atomic E-state index is 12.5. The number of hydrogen-bond acceptors (Lipinski definition) is 3. The van der Waals surface area contributed by atoms with Crippen molar-refractivity contribution in [2.24, 2.45) is 0 Å². The molecule has 21 heavy (non-hydrogen) atoms. The van der Waals surface area contributed by atoms with Crippen LogP contribution >= 0.6 is 0 Å². The first-order valence-electron chi connectivity index (χ1n) is 7.24. The lowest BCUT2D eigenvalue weighted by Crippen LogP contribution is -2.43. The molecule has 0 unspecified atom stereocenters. The molecule has 0 bridgehead atoms. The van der Waals surface area contributed by atoms with Gasteiger partial charge in [-0.05, 0) is 25.5 Å². The molecule has 1 N–H and O–H groups in total. The Morgan fingerprint density at radius 1 is 1.19 bits per heavy atom. The molecule has 0 aliphatic heterocycles. The Morgan fingerprint density at radius 2 is 1.81 bits per heavy atom. The molecule has 2 rings (SSSR count). The molecule has 2 amide bonds. The molecule has 1 aliphatic carbocycles. The van der Waals surface area contributed by atoms with Crippen molar-refractivity contribution in [1.82, 2.24) is 15.1 Å². The number of rotatable bonds is 6. The normalized spacial score (nSPS) is 15.6. The Hall–Kier alpha value is -1.88. The van der Waals surface area contributed by atoms with E-state index in [4.69, 9.17) is 0 Å². The second-order valence-electron chi connectivity index (χ2n) is 5.80. The summed E-state index contributed by atoms with van der Waals surface area (Å²) in [6, 6.07) is 9.47. The van der Waals surface area contributed by atoms with E-state index in [0.29, 0.717) is 6.04 Å².